The molecule has 112 valence electrons. The van der Waals surface area contributed by atoms with Crippen molar-refractivity contribution in [3.63, 3.8) is 0 Å². The Morgan fingerprint density at radius 1 is 1.37 bits per heavy atom. The van der Waals surface area contributed by atoms with Crippen molar-refractivity contribution in [1.82, 2.24) is 9.62 Å². The van der Waals surface area contributed by atoms with Crippen LogP contribution in [-0.2, 0) is 14.8 Å². The fraction of sp³-hybridized carbons (Fsp3) is 0.917. The largest absolute Gasteiger partial charge is 0.481 e. The van der Waals surface area contributed by atoms with Crippen molar-refractivity contribution >= 4 is 16.0 Å². The topological polar surface area (TPSA) is 86.7 Å². The first-order chi connectivity index (χ1) is 8.84. The molecule has 2 atom stereocenters. The molecule has 0 aromatic heterocycles. The van der Waals surface area contributed by atoms with Crippen LogP contribution in [0.1, 0.15) is 39.5 Å². The monoisotopic (exact) mass is 292 g/mol. The van der Waals surface area contributed by atoms with Crippen molar-refractivity contribution in [2.45, 2.75) is 51.6 Å². The number of hydrogen-bond donors (Lipinski definition) is 2. The third kappa shape index (κ3) is 5.08. The number of nitrogens with zero attached hydrogens (tertiary/aromatic N) is 1. The van der Waals surface area contributed by atoms with E-state index in [-0.39, 0.29) is 6.04 Å². The Morgan fingerprint density at radius 2 is 2.00 bits per heavy atom. The fourth-order valence-electron chi connectivity index (χ4n) is 2.61. The van der Waals surface area contributed by atoms with Gasteiger partial charge in [0.25, 0.3) is 5.97 Å². The number of nitrogens with one attached hydrogen (secondary N) is 1. The fourth-order valence-corrected chi connectivity index (χ4v) is 4.40. The van der Waals surface area contributed by atoms with Gasteiger partial charge in [0.05, 0.1) is 5.75 Å². The molecule has 19 heavy (non-hydrogen) atoms. The molecule has 2 fully saturated rings. The van der Waals surface area contributed by atoms with Crippen LogP contribution in [0.25, 0.3) is 0 Å². The Hall–Kier alpha value is -0.660. The average molecular weight is 292 g/mol. The highest BCUT2D eigenvalue weighted by Crippen LogP contribution is 2.22. The average Bonchev–Trinajstić information content (AvgIpc) is 2.68. The third-order valence-corrected chi connectivity index (χ3v) is 5.56. The summed E-state index contributed by atoms with van der Waals surface area (Å²) in [6, 6.07) is 0.476. The molecule has 2 aliphatic heterocycles. The lowest BCUT2D eigenvalue weighted by Gasteiger charge is -2.33. The smallest absolute Gasteiger partial charge is 0.300 e. The van der Waals surface area contributed by atoms with Gasteiger partial charge in [-0.05, 0) is 32.7 Å². The standard InChI is InChI=1S/C10H20N2O2S.C2H4O2/c1-9(10-5-2-3-6-11-10)12-7-4-8-15(12,13)14;1-2(3)4/h9-11H,2-8H2,1H3;1H3,(H,3,4). The number of piperidine rings is 1. The molecule has 2 N–H and O–H groups in total. The maximum absolute atomic E-state index is 11.7. The normalized spacial score (nSPS) is 28.2. The minimum atomic E-state index is -2.94. The van der Waals surface area contributed by atoms with E-state index < -0.39 is 16.0 Å². The van der Waals surface area contributed by atoms with E-state index in [0.717, 1.165) is 26.3 Å². The van der Waals surface area contributed by atoms with Crippen LogP contribution in [0.5, 0.6) is 0 Å². The lowest BCUT2D eigenvalue weighted by atomic mass is 9.99. The molecule has 2 heterocycles. The van der Waals surface area contributed by atoms with Crippen molar-refractivity contribution in [2.24, 2.45) is 0 Å². The molecule has 2 aliphatic rings. The van der Waals surface area contributed by atoms with E-state index in [0.29, 0.717) is 18.3 Å². The first kappa shape index (κ1) is 16.4. The minimum Gasteiger partial charge on any atom is -0.481 e. The molecule has 0 saturated carbocycles. The highest BCUT2D eigenvalue weighted by molar-refractivity contribution is 7.89. The number of carbonyl (C=O) groups is 1. The van der Waals surface area contributed by atoms with Gasteiger partial charge in [0.15, 0.2) is 0 Å². The molecule has 2 rings (SSSR count). The SMILES string of the molecule is CC(=O)O.CC(C1CCCCN1)N1CCCS1(=O)=O. The zero-order chi connectivity index (χ0) is 14.5. The summed E-state index contributed by atoms with van der Waals surface area (Å²) in [6.07, 6.45) is 4.33. The second-order valence-corrected chi connectivity index (χ2v) is 7.14. The van der Waals surface area contributed by atoms with Gasteiger partial charge in [-0.2, -0.15) is 4.31 Å². The van der Waals surface area contributed by atoms with E-state index in [1.54, 1.807) is 4.31 Å². The predicted molar refractivity (Wildman–Crippen MR) is 73.5 cm³/mol. The Kier molecular flexibility index (Phi) is 6.22. The van der Waals surface area contributed by atoms with E-state index in [1.807, 2.05) is 6.92 Å². The lowest BCUT2D eigenvalue weighted by molar-refractivity contribution is -0.134. The zero-order valence-electron chi connectivity index (χ0n) is 11.6. The van der Waals surface area contributed by atoms with E-state index in [9.17, 15) is 8.42 Å². The van der Waals surface area contributed by atoms with Gasteiger partial charge in [0.1, 0.15) is 0 Å². The highest BCUT2D eigenvalue weighted by atomic mass is 32.2. The van der Waals surface area contributed by atoms with Gasteiger partial charge < -0.3 is 10.4 Å². The molecular formula is C12H24N2O4S. The van der Waals surface area contributed by atoms with Crippen LogP contribution in [0.2, 0.25) is 0 Å². The van der Waals surface area contributed by atoms with Gasteiger partial charge in [0, 0.05) is 25.6 Å². The number of aliphatic carboxylic acids is 1. The Balaban J connectivity index is 0.000000399. The van der Waals surface area contributed by atoms with Gasteiger partial charge in [-0.1, -0.05) is 6.42 Å². The summed E-state index contributed by atoms with van der Waals surface area (Å²) >= 11 is 0. The minimum absolute atomic E-state index is 0.123. The first-order valence-electron chi connectivity index (χ1n) is 6.77. The summed E-state index contributed by atoms with van der Waals surface area (Å²) in [5, 5.41) is 10.8. The summed E-state index contributed by atoms with van der Waals surface area (Å²) in [5.74, 6) is -0.496. The van der Waals surface area contributed by atoms with E-state index >= 15 is 0 Å². The van der Waals surface area contributed by atoms with Crippen molar-refractivity contribution < 1.29 is 18.3 Å². The molecule has 0 amide bonds. The molecule has 6 nitrogen and oxygen atoms in total. The maximum atomic E-state index is 11.7. The summed E-state index contributed by atoms with van der Waals surface area (Å²) in [5.41, 5.74) is 0. The number of sulfonamides is 1. The highest BCUT2D eigenvalue weighted by Gasteiger charge is 2.36. The van der Waals surface area contributed by atoms with Crippen LogP contribution in [0.4, 0.5) is 0 Å². The van der Waals surface area contributed by atoms with Crippen molar-refractivity contribution in [3.8, 4) is 0 Å². The van der Waals surface area contributed by atoms with Gasteiger partial charge in [0.2, 0.25) is 10.0 Å². The molecular weight excluding hydrogens is 268 g/mol. The molecule has 2 unspecified atom stereocenters. The van der Waals surface area contributed by atoms with E-state index in [2.05, 4.69) is 5.32 Å². The van der Waals surface area contributed by atoms with Crippen LogP contribution in [-0.4, -0.2) is 54.7 Å². The van der Waals surface area contributed by atoms with Crippen molar-refractivity contribution in [1.29, 1.82) is 0 Å². The molecule has 0 radical (unpaired) electrons. The Bertz CT molecular complexity index is 387. The van der Waals surface area contributed by atoms with Crippen LogP contribution < -0.4 is 5.32 Å². The molecule has 2 saturated heterocycles. The first-order valence-corrected chi connectivity index (χ1v) is 8.38. The number of carboxylic acids is 1. The van der Waals surface area contributed by atoms with E-state index in [4.69, 9.17) is 9.90 Å². The predicted octanol–water partition coefficient (Wildman–Crippen LogP) is 0.643. The Morgan fingerprint density at radius 3 is 2.42 bits per heavy atom. The van der Waals surface area contributed by atoms with Gasteiger partial charge >= 0.3 is 0 Å². The van der Waals surface area contributed by atoms with Crippen LogP contribution >= 0.6 is 0 Å². The second-order valence-electron chi connectivity index (χ2n) is 5.10. The van der Waals surface area contributed by atoms with Crippen LogP contribution in [0.3, 0.4) is 0 Å². The molecule has 7 heteroatoms. The summed E-state index contributed by atoms with van der Waals surface area (Å²) in [4.78, 5) is 9.00. The van der Waals surface area contributed by atoms with Gasteiger partial charge in [-0.15, -0.1) is 0 Å². The van der Waals surface area contributed by atoms with Crippen molar-refractivity contribution in [3.05, 3.63) is 0 Å². The van der Waals surface area contributed by atoms with Crippen LogP contribution in [0, 0.1) is 0 Å². The molecule has 0 aliphatic carbocycles. The van der Waals surface area contributed by atoms with Gasteiger partial charge in [-0.3, -0.25) is 4.79 Å². The number of rotatable bonds is 2. The zero-order valence-corrected chi connectivity index (χ0v) is 12.4. The quantitative estimate of drug-likeness (QED) is 0.780. The summed E-state index contributed by atoms with van der Waals surface area (Å²) in [7, 11) is -2.94. The van der Waals surface area contributed by atoms with Crippen molar-refractivity contribution in [2.75, 3.05) is 18.8 Å². The molecule has 0 bridgehead atoms. The second kappa shape index (κ2) is 7.21. The van der Waals surface area contributed by atoms with E-state index in [1.165, 1.54) is 12.8 Å². The number of hydrogen-bond acceptors (Lipinski definition) is 4. The number of carboxylic acid groups (broad SMARTS) is 1. The molecule has 0 aromatic carbocycles. The third-order valence-electron chi connectivity index (χ3n) is 3.52. The molecule has 0 spiro atoms. The summed E-state index contributed by atoms with van der Waals surface area (Å²) in [6.45, 7) is 4.86. The summed E-state index contributed by atoms with van der Waals surface area (Å²) < 4.78 is 25.2. The van der Waals surface area contributed by atoms with Gasteiger partial charge in [-0.25, -0.2) is 8.42 Å². The lowest BCUT2D eigenvalue weighted by Crippen LogP contribution is -2.50. The molecule has 0 aromatic rings. The Labute approximate surface area is 115 Å². The maximum Gasteiger partial charge on any atom is 0.300 e. The van der Waals surface area contributed by atoms with Crippen LogP contribution in [0.15, 0.2) is 0 Å².